The lowest BCUT2D eigenvalue weighted by Gasteiger charge is -2.31. The maximum absolute atomic E-state index is 14.0. The molecule has 12 heteroatoms. The zero-order valence-corrected chi connectivity index (χ0v) is 20.9. The first-order valence-electron chi connectivity index (χ1n) is 12.5. The highest BCUT2D eigenvalue weighted by Gasteiger charge is 2.68. The first-order chi connectivity index (χ1) is 19.2. The summed E-state index contributed by atoms with van der Waals surface area (Å²) in [6, 6.07) is 15.1. The van der Waals surface area contributed by atoms with E-state index in [1.54, 1.807) is 30.3 Å². The number of nitro groups is 1. The molecule has 2 fully saturated rings. The highest BCUT2D eigenvalue weighted by Crippen LogP contribution is 2.52. The van der Waals surface area contributed by atoms with Crippen LogP contribution >= 0.6 is 0 Å². The largest absolute Gasteiger partial charge is 0.508 e. The fourth-order valence-corrected chi connectivity index (χ4v) is 5.91. The predicted molar refractivity (Wildman–Crippen MR) is 138 cm³/mol. The molecule has 0 saturated carbocycles. The van der Waals surface area contributed by atoms with Crippen molar-refractivity contribution >= 4 is 29.2 Å². The third-order valence-electron chi connectivity index (χ3n) is 7.68. The summed E-state index contributed by atoms with van der Waals surface area (Å²) in [5.74, 6) is -4.33. The number of aromatic hydroxyl groups is 1. The van der Waals surface area contributed by atoms with Crippen LogP contribution in [0.15, 0.2) is 66.7 Å². The lowest BCUT2D eigenvalue weighted by molar-refractivity contribution is -0.384. The van der Waals surface area contributed by atoms with Gasteiger partial charge in [0.05, 0.1) is 22.4 Å². The average molecular weight is 546 g/mol. The van der Waals surface area contributed by atoms with Gasteiger partial charge in [0, 0.05) is 24.6 Å². The number of carbonyl (C=O) groups excluding carboxylic acids is 2. The number of hydrogen-bond acceptors (Lipinski definition) is 9. The fraction of sp³-hybridized carbons (Fsp3) is 0.250. The number of amides is 2. The van der Waals surface area contributed by atoms with Crippen molar-refractivity contribution in [2.75, 3.05) is 18.1 Å². The Hall–Kier alpha value is -4.97. The molecule has 3 N–H and O–H groups in total. The lowest BCUT2D eigenvalue weighted by atomic mass is 9.76. The summed E-state index contributed by atoms with van der Waals surface area (Å²) in [5.41, 5.74) is -1.20. The maximum atomic E-state index is 14.0. The fourth-order valence-electron chi connectivity index (χ4n) is 5.91. The van der Waals surface area contributed by atoms with Crippen LogP contribution in [0.2, 0.25) is 0 Å². The summed E-state index contributed by atoms with van der Waals surface area (Å²) in [6.07, 6.45) is -0.174. The van der Waals surface area contributed by atoms with Gasteiger partial charge in [0.2, 0.25) is 11.8 Å². The van der Waals surface area contributed by atoms with E-state index < -0.39 is 46.1 Å². The van der Waals surface area contributed by atoms with Crippen LogP contribution in [0.4, 0.5) is 11.4 Å². The second kappa shape index (κ2) is 9.35. The van der Waals surface area contributed by atoms with E-state index in [4.69, 9.17) is 9.47 Å². The van der Waals surface area contributed by atoms with E-state index in [9.17, 15) is 34.7 Å². The van der Waals surface area contributed by atoms with E-state index in [1.165, 1.54) is 30.3 Å². The third kappa shape index (κ3) is 3.92. The number of phenolic OH excluding ortho intramolecular Hbond substituents is 1. The molecule has 3 heterocycles. The van der Waals surface area contributed by atoms with Crippen LogP contribution in [-0.4, -0.2) is 51.7 Å². The highest BCUT2D eigenvalue weighted by atomic mass is 16.6. The average Bonchev–Trinajstić information content (AvgIpc) is 3.43. The minimum absolute atomic E-state index is 0.0106. The topological polar surface area (TPSA) is 169 Å². The number of fused-ring (bicyclic) bond motifs is 2. The summed E-state index contributed by atoms with van der Waals surface area (Å²) in [4.78, 5) is 52.6. The molecule has 0 bridgehead atoms. The molecule has 0 radical (unpaired) electrons. The van der Waals surface area contributed by atoms with Gasteiger partial charge in [-0.05, 0) is 41.5 Å². The summed E-state index contributed by atoms with van der Waals surface area (Å²) in [5, 5.41) is 34.9. The van der Waals surface area contributed by atoms with E-state index in [0.717, 1.165) is 11.0 Å². The molecule has 3 aliphatic rings. The number of nitrogens with zero attached hydrogens (tertiary/aromatic N) is 2. The minimum Gasteiger partial charge on any atom is -0.508 e. The number of carboxylic acids is 1. The first kappa shape index (κ1) is 25.3. The van der Waals surface area contributed by atoms with Crippen LogP contribution in [0.1, 0.15) is 17.2 Å². The Balaban J connectivity index is 1.49. The number of hydrogen-bond donors (Lipinski definition) is 3. The van der Waals surface area contributed by atoms with Gasteiger partial charge in [0.25, 0.3) is 5.69 Å². The van der Waals surface area contributed by atoms with Crippen LogP contribution in [0.3, 0.4) is 0 Å². The van der Waals surface area contributed by atoms with Gasteiger partial charge in [-0.15, -0.1) is 0 Å². The van der Waals surface area contributed by atoms with Crippen LogP contribution in [0.25, 0.3) is 0 Å². The van der Waals surface area contributed by atoms with Crippen LogP contribution < -0.4 is 19.7 Å². The van der Waals surface area contributed by atoms with E-state index in [-0.39, 0.29) is 23.5 Å². The highest BCUT2D eigenvalue weighted by molar-refractivity contribution is 6.24. The SMILES string of the molecule is O=C1C2C(c3ccc4c(c3)OCCO4)NC(Cc3ccc(O)cc3)(C(=O)O)C2C(=O)N1c1cccc([N+](=O)[O-])c1. The number of imide groups is 1. The van der Waals surface area contributed by atoms with Crippen molar-refractivity contribution in [3.63, 3.8) is 0 Å². The van der Waals surface area contributed by atoms with Gasteiger partial charge >= 0.3 is 5.97 Å². The Morgan fingerprint density at radius 3 is 2.45 bits per heavy atom. The first-order valence-corrected chi connectivity index (χ1v) is 12.5. The molecule has 3 aliphatic heterocycles. The summed E-state index contributed by atoms with van der Waals surface area (Å²) >= 11 is 0. The number of carbonyl (C=O) groups is 3. The number of anilines is 1. The van der Waals surface area contributed by atoms with Crippen molar-refractivity contribution in [3.8, 4) is 17.2 Å². The van der Waals surface area contributed by atoms with Gasteiger partial charge in [-0.3, -0.25) is 29.8 Å². The summed E-state index contributed by atoms with van der Waals surface area (Å²) in [6.45, 7) is 0.692. The number of ether oxygens (including phenoxy) is 2. The summed E-state index contributed by atoms with van der Waals surface area (Å²) in [7, 11) is 0. The molecule has 0 aliphatic carbocycles. The van der Waals surface area contributed by atoms with Gasteiger partial charge in [-0.1, -0.05) is 24.3 Å². The molecule has 2 amide bonds. The molecule has 3 aromatic carbocycles. The zero-order chi connectivity index (χ0) is 28.2. The number of non-ortho nitro benzene ring substituents is 1. The van der Waals surface area contributed by atoms with E-state index in [1.807, 2.05) is 0 Å². The number of benzene rings is 3. The van der Waals surface area contributed by atoms with Crippen LogP contribution in [-0.2, 0) is 20.8 Å². The number of phenols is 1. The van der Waals surface area contributed by atoms with Crippen LogP contribution in [0.5, 0.6) is 17.2 Å². The summed E-state index contributed by atoms with van der Waals surface area (Å²) < 4.78 is 11.3. The molecule has 204 valence electrons. The standard InChI is InChI=1S/C28H23N3O9/c32-19-7-4-15(5-8-19)14-28(27(35)36)23-22(24(29-28)16-6-9-20-21(12-16)40-11-10-39-20)25(33)30(26(23)34)17-2-1-3-18(13-17)31(37)38/h1-9,12-13,22-24,29,32H,10-11,14H2,(H,35,36). The second-order valence-electron chi connectivity index (χ2n) is 9.94. The maximum Gasteiger partial charge on any atom is 0.325 e. The van der Waals surface area contributed by atoms with Crippen molar-refractivity contribution in [2.24, 2.45) is 11.8 Å². The smallest absolute Gasteiger partial charge is 0.325 e. The lowest BCUT2D eigenvalue weighted by Crippen LogP contribution is -2.57. The van der Waals surface area contributed by atoms with E-state index >= 15 is 0 Å². The Morgan fingerprint density at radius 1 is 1.02 bits per heavy atom. The second-order valence-corrected chi connectivity index (χ2v) is 9.94. The molecular weight excluding hydrogens is 522 g/mol. The Labute approximate surface area is 226 Å². The third-order valence-corrected chi connectivity index (χ3v) is 7.68. The molecule has 12 nitrogen and oxygen atoms in total. The van der Waals surface area contributed by atoms with E-state index in [2.05, 4.69) is 5.32 Å². The molecule has 4 atom stereocenters. The van der Waals surface area contributed by atoms with E-state index in [0.29, 0.717) is 35.8 Å². The molecule has 0 aromatic heterocycles. The molecule has 6 rings (SSSR count). The Kier molecular flexibility index (Phi) is 5.91. The zero-order valence-electron chi connectivity index (χ0n) is 20.9. The molecule has 4 unspecified atom stereocenters. The van der Waals surface area contributed by atoms with Crippen molar-refractivity contribution in [1.82, 2.24) is 5.32 Å². The van der Waals surface area contributed by atoms with Crippen LogP contribution in [0, 0.1) is 22.0 Å². The van der Waals surface area contributed by atoms with Crippen molar-refractivity contribution < 1.29 is 39.0 Å². The molecular formula is C28H23N3O9. The van der Waals surface area contributed by atoms with Crippen molar-refractivity contribution in [2.45, 2.75) is 18.0 Å². The molecule has 3 aromatic rings. The minimum atomic E-state index is -1.91. The normalized spacial score (nSPS) is 25.1. The molecule has 40 heavy (non-hydrogen) atoms. The van der Waals surface area contributed by atoms with Crippen molar-refractivity contribution in [3.05, 3.63) is 88.0 Å². The predicted octanol–water partition coefficient (Wildman–Crippen LogP) is 2.59. The number of aliphatic carboxylic acids is 1. The quantitative estimate of drug-likeness (QED) is 0.238. The van der Waals surface area contributed by atoms with Gasteiger partial charge in [0.1, 0.15) is 24.5 Å². The molecule has 2 saturated heterocycles. The van der Waals surface area contributed by atoms with Gasteiger partial charge in [-0.2, -0.15) is 0 Å². The Bertz CT molecular complexity index is 1560. The number of rotatable bonds is 6. The van der Waals surface area contributed by atoms with Gasteiger partial charge in [0.15, 0.2) is 11.5 Å². The number of carboxylic acid groups (broad SMARTS) is 1. The van der Waals surface area contributed by atoms with Gasteiger partial charge < -0.3 is 19.7 Å². The Morgan fingerprint density at radius 2 is 1.75 bits per heavy atom. The monoisotopic (exact) mass is 545 g/mol. The number of nitro benzene ring substituents is 1. The number of nitrogens with one attached hydrogen (secondary N) is 1. The molecule has 0 spiro atoms. The van der Waals surface area contributed by atoms with Gasteiger partial charge in [-0.25, -0.2) is 4.90 Å². The van der Waals surface area contributed by atoms with Crippen molar-refractivity contribution in [1.29, 1.82) is 0 Å².